The maximum Gasteiger partial charge on any atom is 0.586 e. The van der Waals surface area contributed by atoms with Gasteiger partial charge in [-0.05, 0) is 46.7 Å². The topological polar surface area (TPSA) is 95.1 Å². The lowest BCUT2D eigenvalue weighted by atomic mass is 9.98. The van der Waals surface area contributed by atoms with Crippen molar-refractivity contribution in [2.75, 3.05) is 11.9 Å². The van der Waals surface area contributed by atoms with E-state index < -0.39 is 24.4 Å². The molecule has 38 heavy (non-hydrogen) atoms. The lowest BCUT2D eigenvalue weighted by Gasteiger charge is -2.20. The molecule has 0 saturated carbocycles. The van der Waals surface area contributed by atoms with E-state index in [4.69, 9.17) is 9.57 Å². The van der Waals surface area contributed by atoms with Gasteiger partial charge in [0.25, 0.3) is 5.91 Å². The standard InChI is InChI=1S/C28H26F2N2O6/c1-16(2)13-25(26(33)31-17-11-12-23-24(14-17)37-28(29,30)36-23)38-32-27(34)35-15-22-20-9-5-3-7-18(20)19-8-4-6-10-21(19)22/h3-12,14,16,22,25H,13,15H2,1-2H3,(H,31,33)(H,32,34)/t25-/m0/s1. The minimum Gasteiger partial charge on any atom is -0.447 e. The van der Waals surface area contributed by atoms with Crippen LogP contribution < -0.4 is 20.3 Å². The molecule has 1 atom stereocenters. The first-order valence-electron chi connectivity index (χ1n) is 12.2. The number of hydrogen-bond acceptors (Lipinski definition) is 6. The highest BCUT2D eigenvalue weighted by molar-refractivity contribution is 5.94. The monoisotopic (exact) mass is 524 g/mol. The molecule has 2 amide bonds. The second kappa shape index (κ2) is 10.3. The smallest absolute Gasteiger partial charge is 0.447 e. The van der Waals surface area contributed by atoms with Crippen LogP contribution in [0.2, 0.25) is 0 Å². The Hall–Kier alpha value is -4.18. The SMILES string of the molecule is CC(C)C[C@H](ONC(=O)OCC1c2ccccc2-c2ccccc21)C(=O)Nc1ccc2c(c1)OC(F)(F)O2. The normalized spacial score (nSPS) is 15.5. The number of hydroxylamine groups is 1. The minimum absolute atomic E-state index is 0.0468. The zero-order valence-electron chi connectivity index (χ0n) is 20.7. The fourth-order valence-electron chi connectivity index (χ4n) is 4.63. The summed E-state index contributed by atoms with van der Waals surface area (Å²) in [5, 5.41) is 2.59. The van der Waals surface area contributed by atoms with Crippen LogP contribution in [-0.2, 0) is 14.4 Å². The van der Waals surface area contributed by atoms with Crippen molar-refractivity contribution in [2.45, 2.75) is 38.6 Å². The Labute approximate surface area is 217 Å². The van der Waals surface area contributed by atoms with Crippen LogP contribution in [0.4, 0.5) is 19.3 Å². The Morgan fingerprint density at radius 2 is 1.58 bits per heavy atom. The zero-order valence-corrected chi connectivity index (χ0v) is 20.7. The van der Waals surface area contributed by atoms with Gasteiger partial charge < -0.3 is 19.5 Å². The summed E-state index contributed by atoms with van der Waals surface area (Å²) in [5.74, 6) is -0.999. The third-order valence-corrected chi connectivity index (χ3v) is 6.27. The number of benzene rings is 3. The summed E-state index contributed by atoms with van der Waals surface area (Å²) < 4.78 is 40.8. The highest BCUT2D eigenvalue weighted by atomic mass is 19.3. The van der Waals surface area contributed by atoms with E-state index in [0.717, 1.165) is 22.3 Å². The largest absolute Gasteiger partial charge is 0.586 e. The number of carbonyl (C=O) groups excluding carboxylic acids is 2. The summed E-state index contributed by atoms with van der Waals surface area (Å²) in [6.45, 7) is 3.87. The Morgan fingerprint density at radius 1 is 0.947 bits per heavy atom. The molecule has 10 heteroatoms. The molecule has 1 heterocycles. The van der Waals surface area contributed by atoms with Crippen LogP contribution in [0.25, 0.3) is 11.1 Å². The molecule has 0 aromatic heterocycles. The minimum atomic E-state index is -3.76. The molecule has 0 radical (unpaired) electrons. The van der Waals surface area contributed by atoms with Crippen molar-refractivity contribution in [3.8, 4) is 22.6 Å². The number of halogens is 2. The molecule has 0 bridgehead atoms. The van der Waals surface area contributed by atoms with E-state index >= 15 is 0 Å². The van der Waals surface area contributed by atoms with Crippen LogP contribution in [0.15, 0.2) is 66.7 Å². The number of ether oxygens (including phenoxy) is 3. The van der Waals surface area contributed by atoms with Gasteiger partial charge in [0.1, 0.15) is 6.61 Å². The van der Waals surface area contributed by atoms with Gasteiger partial charge in [-0.25, -0.2) is 4.79 Å². The number of anilines is 1. The van der Waals surface area contributed by atoms with Crippen molar-refractivity contribution in [2.24, 2.45) is 5.92 Å². The van der Waals surface area contributed by atoms with E-state index in [0.29, 0.717) is 0 Å². The predicted molar refractivity (Wildman–Crippen MR) is 134 cm³/mol. The molecule has 2 N–H and O–H groups in total. The van der Waals surface area contributed by atoms with E-state index in [1.807, 2.05) is 62.4 Å². The molecule has 8 nitrogen and oxygen atoms in total. The van der Waals surface area contributed by atoms with E-state index in [1.165, 1.54) is 18.2 Å². The number of nitrogens with one attached hydrogen (secondary N) is 2. The number of fused-ring (bicyclic) bond motifs is 4. The third kappa shape index (κ3) is 5.40. The maximum atomic E-state index is 13.3. The van der Waals surface area contributed by atoms with Crippen molar-refractivity contribution in [1.29, 1.82) is 0 Å². The first kappa shape index (κ1) is 25.5. The van der Waals surface area contributed by atoms with Crippen LogP contribution in [-0.4, -0.2) is 31.0 Å². The van der Waals surface area contributed by atoms with Crippen LogP contribution in [0.5, 0.6) is 11.5 Å². The Balaban J connectivity index is 1.19. The van der Waals surface area contributed by atoms with E-state index in [1.54, 1.807) is 0 Å². The summed E-state index contributed by atoms with van der Waals surface area (Å²) in [5.41, 5.74) is 6.77. The van der Waals surface area contributed by atoms with Gasteiger partial charge in [-0.15, -0.1) is 8.78 Å². The quantitative estimate of drug-likeness (QED) is 0.360. The molecule has 0 saturated heterocycles. The van der Waals surface area contributed by atoms with Crippen molar-refractivity contribution in [1.82, 2.24) is 5.48 Å². The first-order chi connectivity index (χ1) is 18.2. The lowest BCUT2D eigenvalue weighted by molar-refractivity contribution is -0.286. The van der Waals surface area contributed by atoms with Crippen molar-refractivity contribution < 1.29 is 37.4 Å². The second-order valence-corrected chi connectivity index (χ2v) is 9.48. The van der Waals surface area contributed by atoms with E-state index in [9.17, 15) is 18.4 Å². The van der Waals surface area contributed by atoms with Crippen LogP contribution >= 0.6 is 0 Å². The predicted octanol–water partition coefficient (Wildman–Crippen LogP) is 5.83. The van der Waals surface area contributed by atoms with Gasteiger partial charge in [0.15, 0.2) is 17.6 Å². The highest BCUT2D eigenvalue weighted by Gasteiger charge is 2.43. The van der Waals surface area contributed by atoms with Crippen LogP contribution in [0.3, 0.4) is 0 Å². The van der Waals surface area contributed by atoms with E-state index in [2.05, 4.69) is 20.3 Å². The molecule has 5 rings (SSSR count). The molecule has 3 aromatic rings. The van der Waals surface area contributed by atoms with Gasteiger partial charge in [0, 0.05) is 17.7 Å². The molecule has 0 unspecified atom stereocenters. The number of carbonyl (C=O) groups is 2. The average molecular weight is 525 g/mol. The summed E-state index contributed by atoms with van der Waals surface area (Å²) in [6, 6.07) is 19.8. The van der Waals surface area contributed by atoms with Crippen molar-refractivity contribution in [3.05, 3.63) is 77.9 Å². The molecule has 2 aliphatic rings. The van der Waals surface area contributed by atoms with Gasteiger partial charge in [0.2, 0.25) is 0 Å². The fourth-order valence-corrected chi connectivity index (χ4v) is 4.63. The second-order valence-electron chi connectivity index (χ2n) is 9.48. The maximum absolute atomic E-state index is 13.3. The molecule has 0 fully saturated rings. The lowest BCUT2D eigenvalue weighted by Crippen LogP contribution is -2.38. The molecule has 3 aromatic carbocycles. The molecule has 1 aliphatic heterocycles. The molecule has 0 spiro atoms. The number of rotatable bonds is 8. The van der Waals surface area contributed by atoms with Crippen LogP contribution in [0.1, 0.15) is 37.3 Å². The summed E-state index contributed by atoms with van der Waals surface area (Å²) in [6.07, 6.45) is -5.39. The van der Waals surface area contributed by atoms with Crippen molar-refractivity contribution >= 4 is 17.7 Å². The number of hydrogen-bond donors (Lipinski definition) is 2. The fraction of sp³-hybridized carbons (Fsp3) is 0.286. The van der Waals surface area contributed by atoms with Gasteiger partial charge in [0.05, 0.1) is 0 Å². The van der Waals surface area contributed by atoms with Gasteiger partial charge in [-0.1, -0.05) is 62.4 Å². The van der Waals surface area contributed by atoms with Crippen LogP contribution in [0, 0.1) is 5.92 Å². The zero-order chi connectivity index (χ0) is 26.9. The third-order valence-electron chi connectivity index (χ3n) is 6.27. The number of alkyl halides is 2. The van der Waals surface area contributed by atoms with Crippen molar-refractivity contribution in [3.63, 3.8) is 0 Å². The molecule has 198 valence electrons. The van der Waals surface area contributed by atoms with E-state index in [-0.39, 0.29) is 42.0 Å². The molecule has 1 aliphatic carbocycles. The Morgan fingerprint density at radius 3 is 2.24 bits per heavy atom. The van der Waals surface area contributed by atoms with Gasteiger partial charge in [-0.2, -0.15) is 5.48 Å². The Bertz CT molecular complexity index is 1320. The molecular weight excluding hydrogens is 498 g/mol. The summed E-state index contributed by atoms with van der Waals surface area (Å²) in [7, 11) is 0. The highest BCUT2D eigenvalue weighted by Crippen LogP contribution is 2.44. The molecular formula is C28H26F2N2O6. The summed E-state index contributed by atoms with van der Waals surface area (Å²) >= 11 is 0. The average Bonchev–Trinajstić information content (AvgIpc) is 3.37. The Kier molecular flexibility index (Phi) is 6.90. The first-order valence-corrected chi connectivity index (χ1v) is 12.2. The van der Waals surface area contributed by atoms with Gasteiger partial charge >= 0.3 is 12.4 Å². The summed E-state index contributed by atoms with van der Waals surface area (Å²) in [4.78, 5) is 30.8. The van der Waals surface area contributed by atoms with Gasteiger partial charge in [-0.3, -0.25) is 9.63 Å². The number of amides is 2.